The highest BCUT2D eigenvalue weighted by Gasteiger charge is 2.43. The molecule has 118 valence electrons. The van der Waals surface area contributed by atoms with E-state index in [-0.39, 0.29) is 24.7 Å². The average molecular weight is 303 g/mol. The summed E-state index contributed by atoms with van der Waals surface area (Å²) >= 11 is 0. The summed E-state index contributed by atoms with van der Waals surface area (Å²) in [6.07, 6.45) is -0.632. The maximum absolute atomic E-state index is 12.9. The number of alkyl halides is 3. The zero-order chi connectivity index (χ0) is 14.9. The van der Waals surface area contributed by atoms with E-state index in [4.69, 9.17) is 4.52 Å². The molecule has 21 heavy (non-hydrogen) atoms. The maximum Gasteiger partial charge on any atom is 0.391 e. The van der Waals surface area contributed by atoms with Crippen LogP contribution < -0.4 is 5.32 Å². The van der Waals surface area contributed by atoms with Crippen molar-refractivity contribution >= 4 is 0 Å². The molecule has 1 aliphatic heterocycles. The molecule has 2 heterocycles. The Bertz CT molecular complexity index is 468. The van der Waals surface area contributed by atoms with Crippen LogP contribution in [0, 0.1) is 5.92 Å². The van der Waals surface area contributed by atoms with Crippen LogP contribution in [0.3, 0.4) is 0 Å². The summed E-state index contributed by atoms with van der Waals surface area (Å²) in [6.45, 7) is 1.85. The van der Waals surface area contributed by atoms with Gasteiger partial charge in [0.15, 0.2) is 5.82 Å². The molecule has 0 aromatic carbocycles. The summed E-state index contributed by atoms with van der Waals surface area (Å²) in [4.78, 5) is 4.40. The minimum Gasteiger partial charge on any atom is -0.339 e. The topological polar surface area (TPSA) is 51.0 Å². The Morgan fingerprint density at radius 2 is 1.81 bits per heavy atom. The van der Waals surface area contributed by atoms with E-state index in [0.717, 1.165) is 25.9 Å². The SMILES string of the molecule is FC(F)(F)C1CCCC(c2nc(C3CCNCC3)no2)C1. The molecule has 1 aromatic rings. The lowest BCUT2D eigenvalue weighted by atomic mass is 9.81. The normalized spacial score (nSPS) is 28.7. The highest BCUT2D eigenvalue weighted by molar-refractivity contribution is 5.02. The minimum atomic E-state index is -4.11. The van der Waals surface area contributed by atoms with Crippen molar-refractivity contribution in [1.29, 1.82) is 0 Å². The quantitative estimate of drug-likeness (QED) is 0.910. The maximum atomic E-state index is 12.9. The molecular weight excluding hydrogens is 283 g/mol. The van der Waals surface area contributed by atoms with Gasteiger partial charge in [-0.05, 0) is 45.2 Å². The van der Waals surface area contributed by atoms with E-state index in [0.29, 0.717) is 24.6 Å². The van der Waals surface area contributed by atoms with Crippen LogP contribution in [0.1, 0.15) is 62.1 Å². The van der Waals surface area contributed by atoms with Crippen molar-refractivity contribution < 1.29 is 17.7 Å². The van der Waals surface area contributed by atoms with Gasteiger partial charge in [-0.15, -0.1) is 0 Å². The monoisotopic (exact) mass is 303 g/mol. The van der Waals surface area contributed by atoms with Crippen LogP contribution >= 0.6 is 0 Å². The molecule has 2 unspecified atom stereocenters. The molecular formula is C14H20F3N3O. The van der Waals surface area contributed by atoms with Crippen molar-refractivity contribution in [3.05, 3.63) is 11.7 Å². The molecule has 1 aromatic heterocycles. The van der Waals surface area contributed by atoms with Crippen LogP contribution in [0.2, 0.25) is 0 Å². The Labute approximate surface area is 121 Å². The van der Waals surface area contributed by atoms with Gasteiger partial charge in [-0.2, -0.15) is 18.2 Å². The standard InChI is InChI=1S/C14H20F3N3O/c15-14(16,17)11-3-1-2-10(8-11)13-19-12(20-21-13)9-4-6-18-7-5-9/h9-11,18H,1-8H2. The summed E-state index contributed by atoms with van der Waals surface area (Å²) in [5, 5.41) is 7.27. The van der Waals surface area contributed by atoms with Gasteiger partial charge >= 0.3 is 6.18 Å². The molecule has 2 fully saturated rings. The lowest BCUT2D eigenvalue weighted by Gasteiger charge is -2.28. The molecule has 2 aliphatic rings. The summed E-state index contributed by atoms with van der Waals surface area (Å²) in [6, 6.07) is 0. The van der Waals surface area contributed by atoms with Crippen LogP contribution in [0.25, 0.3) is 0 Å². The first kappa shape index (κ1) is 14.8. The highest BCUT2D eigenvalue weighted by Crippen LogP contribution is 2.43. The number of nitrogens with one attached hydrogen (secondary N) is 1. The molecule has 0 spiro atoms. The molecule has 2 atom stereocenters. The Morgan fingerprint density at radius 3 is 2.52 bits per heavy atom. The molecule has 1 aliphatic carbocycles. The number of rotatable bonds is 2. The molecule has 1 saturated heterocycles. The van der Waals surface area contributed by atoms with Crippen molar-refractivity contribution in [3.63, 3.8) is 0 Å². The fraction of sp³-hybridized carbons (Fsp3) is 0.857. The second kappa shape index (κ2) is 5.94. The Morgan fingerprint density at radius 1 is 1.05 bits per heavy atom. The zero-order valence-electron chi connectivity index (χ0n) is 11.8. The minimum absolute atomic E-state index is 0.0807. The molecule has 4 nitrogen and oxygen atoms in total. The van der Waals surface area contributed by atoms with Crippen LogP contribution in [-0.2, 0) is 0 Å². The van der Waals surface area contributed by atoms with E-state index in [1.54, 1.807) is 0 Å². The van der Waals surface area contributed by atoms with Gasteiger partial charge in [-0.3, -0.25) is 0 Å². The summed E-state index contributed by atoms with van der Waals surface area (Å²) < 4.78 is 43.8. The number of piperidine rings is 1. The van der Waals surface area contributed by atoms with Gasteiger partial charge in [-0.25, -0.2) is 0 Å². The first-order valence-electron chi connectivity index (χ1n) is 7.65. The molecule has 0 amide bonds. The van der Waals surface area contributed by atoms with E-state index >= 15 is 0 Å². The summed E-state index contributed by atoms with van der Waals surface area (Å²) in [7, 11) is 0. The largest absolute Gasteiger partial charge is 0.391 e. The van der Waals surface area contributed by atoms with Gasteiger partial charge in [0, 0.05) is 11.8 Å². The van der Waals surface area contributed by atoms with Crippen LogP contribution in [-0.4, -0.2) is 29.4 Å². The highest BCUT2D eigenvalue weighted by atomic mass is 19.4. The molecule has 1 N–H and O–H groups in total. The van der Waals surface area contributed by atoms with Gasteiger partial charge < -0.3 is 9.84 Å². The lowest BCUT2D eigenvalue weighted by molar-refractivity contribution is -0.183. The van der Waals surface area contributed by atoms with E-state index in [2.05, 4.69) is 15.5 Å². The smallest absolute Gasteiger partial charge is 0.339 e. The van der Waals surface area contributed by atoms with Crippen LogP contribution in [0.4, 0.5) is 13.2 Å². The molecule has 7 heteroatoms. The third kappa shape index (κ3) is 3.39. The molecule has 1 saturated carbocycles. The van der Waals surface area contributed by atoms with E-state index in [9.17, 15) is 13.2 Å². The van der Waals surface area contributed by atoms with Gasteiger partial charge in [0.05, 0.1) is 5.92 Å². The van der Waals surface area contributed by atoms with E-state index in [1.807, 2.05) is 0 Å². The van der Waals surface area contributed by atoms with Gasteiger partial charge in [0.2, 0.25) is 5.89 Å². The van der Waals surface area contributed by atoms with Crippen LogP contribution in [0.5, 0.6) is 0 Å². The van der Waals surface area contributed by atoms with Crippen LogP contribution in [0.15, 0.2) is 4.52 Å². The molecule has 0 bridgehead atoms. The number of halogens is 3. The fourth-order valence-electron chi connectivity index (χ4n) is 3.37. The van der Waals surface area contributed by atoms with E-state index in [1.165, 1.54) is 0 Å². The van der Waals surface area contributed by atoms with Crippen molar-refractivity contribution in [3.8, 4) is 0 Å². The average Bonchev–Trinajstić information content (AvgIpc) is 2.97. The molecule has 3 rings (SSSR count). The third-order valence-corrected chi connectivity index (χ3v) is 4.65. The number of aromatic nitrogens is 2. The lowest BCUT2D eigenvalue weighted by Crippen LogP contribution is -2.28. The molecule has 0 radical (unpaired) electrons. The van der Waals surface area contributed by atoms with Gasteiger partial charge in [0.25, 0.3) is 0 Å². The van der Waals surface area contributed by atoms with Crippen molar-refractivity contribution in [1.82, 2.24) is 15.5 Å². The first-order valence-corrected chi connectivity index (χ1v) is 7.65. The summed E-state index contributed by atoms with van der Waals surface area (Å²) in [5.41, 5.74) is 0. The second-order valence-corrected chi connectivity index (χ2v) is 6.12. The predicted octanol–water partition coefficient (Wildman–Crippen LogP) is 3.37. The fourth-order valence-corrected chi connectivity index (χ4v) is 3.37. The number of hydrogen-bond acceptors (Lipinski definition) is 4. The Balaban J connectivity index is 1.67. The Hall–Kier alpha value is -1.11. The Kier molecular flexibility index (Phi) is 4.19. The van der Waals surface area contributed by atoms with Gasteiger partial charge in [-0.1, -0.05) is 11.6 Å². The second-order valence-electron chi connectivity index (χ2n) is 6.12. The zero-order valence-corrected chi connectivity index (χ0v) is 11.8. The van der Waals surface area contributed by atoms with Crippen molar-refractivity contribution in [2.45, 2.75) is 56.5 Å². The number of nitrogens with zero attached hydrogens (tertiary/aromatic N) is 2. The van der Waals surface area contributed by atoms with Gasteiger partial charge in [0.1, 0.15) is 0 Å². The third-order valence-electron chi connectivity index (χ3n) is 4.65. The first-order chi connectivity index (χ1) is 10.0. The van der Waals surface area contributed by atoms with E-state index < -0.39 is 12.1 Å². The van der Waals surface area contributed by atoms with Crippen molar-refractivity contribution in [2.24, 2.45) is 5.92 Å². The predicted molar refractivity (Wildman–Crippen MR) is 69.9 cm³/mol. The summed E-state index contributed by atoms with van der Waals surface area (Å²) in [5.74, 6) is -0.136. The van der Waals surface area contributed by atoms with Crippen molar-refractivity contribution in [2.75, 3.05) is 13.1 Å². The number of hydrogen-bond donors (Lipinski definition) is 1.